The average molecular weight is 240 g/mol. The first-order valence-electron chi connectivity index (χ1n) is 6.27. The van der Waals surface area contributed by atoms with E-state index in [0.717, 1.165) is 17.9 Å². The molecular weight excluding hydrogens is 216 g/mol. The SMILES string of the molecule is CCc1ccc(C(CN)NC(C)C(C)CO)o1. The molecule has 0 saturated carbocycles. The van der Waals surface area contributed by atoms with Crippen molar-refractivity contribution >= 4 is 0 Å². The second-order valence-electron chi connectivity index (χ2n) is 4.56. The van der Waals surface area contributed by atoms with Crippen LogP contribution in [0.2, 0.25) is 0 Å². The van der Waals surface area contributed by atoms with Crippen molar-refractivity contribution in [2.45, 2.75) is 39.3 Å². The zero-order valence-electron chi connectivity index (χ0n) is 10.9. The zero-order chi connectivity index (χ0) is 12.8. The second-order valence-corrected chi connectivity index (χ2v) is 4.56. The van der Waals surface area contributed by atoms with Crippen LogP contribution in [0.3, 0.4) is 0 Å². The topological polar surface area (TPSA) is 71.4 Å². The van der Waals surface area contributed by atoms with Gasteiger partial charge in [-0.1, -0.05) is 13.8 Å². The molecule has 4 nitrogen and oxygen atoms in total. The lowest BCUT2D eigenvalue weighted by Crippen LogP contribution is -2.39. The average Bonchev–Trinajstić information content (AvgIpc) is 2.83. The molecular formula is C13H24N2O2. The number of hydrogen-bond acceptors (Lipinski definition) is 4. The van der Waals surface area contributed by atoms with Crippen LogP contribution in [0, 0.1) is 5.92 Å². The predicted molar refractivity (Wildman–Crippen MR) is 68.7 cm³/mol. The molecule has 0 aliphatic rings. The summed E-state index contributed by atoms with van der Waals surface area (Å²) >= 11 is 0. The van der Waals surface area contributed by atoms with Crippen molar-refractivity contribution in [2.24, 2.45) is 11.7 Å². The van der Waals surface area contributed by atoms with E-state index in [1.54, 1.807) is 0 Å². The van der Waals surface area contributed by atoms with Gasteiger partial charge in [0.1, 0.15) is 11.5 Å². The molecule has 1 rings (SSSR count). The van der Waals surface area contributed by atoms with Crippen molar-refractivity contribution in [1.29, 1.82) is 0 Å². The van der Waals surface area contributed by atoms with Crippen LogP contribution in [-0.2, 0) is 6.42 Å². The molecule has 0 spiro atoms. The van der Waals surface area contributed by atoms with E-state index in [9.17, 15) is 0 Å². The third-order valence-corrected chi connectivity index (χ3v) is 3.22. The summed E-state index contributed by atoms with van der Waals surface area (Å²) in [6.45, 7) is 6.77. The van der Waals surface area contributed by atoms with Gasteiger partial charge in [0.2, 0.25) is 0 Å². The number of aryl methyl sites for hydroxylation is 1. The maximum Gasteiger partial charge on any atom is 0.122 e. The van der Waals surface area contributed by atoms with Gasteiger partial charge in [-0.15, -0.1) is 0 Å². The quantitative estimate of drug-likeness (QED) is 0.674. The number of hydrogen-bond donors (Lipinski definition) is 3. The summed E-state index contributed by atoms with van der Waals surface area (Å²) in [5.41, 5.74) is 5.76. The summed E-state index contributed by atoms with van der Waals surface area (Å²) in [5.74, 6) is 2.05. The smallest absolute Gasteiger partial charge is 0.122 e. The van der Waals surface area contributed by atoms with Crippen LogP contribution in [0.1, 0.15) is 38.3 Å². The van der Waals surface area contributed by atoms with E-state index in [0.29, 0.717) is 6.54 Å². The Morgan fingerprint density at radius 3 is 2.59 bits per heavy atom. The lowest BCUT2D eigenvalue weighted by atomic mass is 10.0. The normalized spacial score (nSPS) is 16.8. The Balaban J connectivity index is 2.65. The van der Waals surface area contributed by atoms with E-state index < -0.39 is 0 Å². The van der Waals surface area contributed by atoms with Crippen LogP contribution in [-0.4, -0.2) is 24.3 Å². The highest BCUT2D eigenvalue weighted by Gasteiger charge is 2.19. The molecule has 3 atom stereocenters. The molecule has 4 heteroatoms. The van der Waals surface area contributed by atoms with Crippen molar-refractivity contribution in [3.05, 3.63) is 23.7 Å². The van der Waals surface area contributed by atoms with Crippen molar-refractivity contribution in [3.8, 4) is 0 Å². The number of aliphatic hydroxyl groups excluding tert-OH is 1. The molecule has 4 N–H and O–H groups in total. The predicted octanol–water partition coefficient (Wildman–Crippen LogP) is 1.45. The van der Waals surface area contributed by atoms with Crippen LogP contribution < -0.4 is 11.1 Å². The van der Waals surface area contributed by atoms with Crippen molar-refractivity contribution in [3.63, 3.8) is 0 Å². The first-order chi connectivity index (χ1) is 8.12. The summed E-state index contributed by atoms with van der Waals surface area (Å²) in [7, 11) is 0. The highest BCUT2D eigenvalue weighted by molar-refractivity contribution is 5.11. The van der Waals surface area contributed by atoms with Gasteiger partial charge in [0, 0.05) is 25.6 Å². The second kappa shape index (κ2) is 6.79. The summed E-state index contributed by atoms with van der Waals surface area (Å²) in [4.78, 5) is 0. The number of nitrogens with one attached hydrogen (secondary N) is 1. The lowest BCUT2D eigenvalue weighted by Gasteiger charge is -2.24. The number of furan rings is 1. The van der Waals surface area contributed by atoms with Crippen LogP contribution in [0.25, 0.3) is 0 Å². The number of aliphatic hydroxyl groups is 1. The minimum Gasteiger partial charge on any atom is -0.464 e. The largest absolute Gasteiger partial charge is 0.464 e. The van der Waals surface area contributed by atoms with Gasteiger partial charge < -0.3 is 20.6 Å². The summed E-state index contributed by atoms with van der Waals surface area (Å²) in [5, 5.41) is 12.5. The van der Waals surface area contributed by atoms with Crippen molar-refractivity contribution in [2.75, 3.05) is 13.2 Å². The van der Waals surface area contributed by atoms with Gasteiger partial charge in [-0.25, -0.2) is 0 Å². The van der Waals surface area contributed by atoms with Gasteiger partial charge in [-0.05, 0) is 25.0 Å². The molecule has 0 aliphatic carbocycles. The Labute approximate surface area is 103 Å². The molecule has 0 fully saturated rings. The molecule has 1 aromatic rings. The Bertz CT molecular complexity index is 325. The fraction of sp³-hybridized carbons (Fsp3) is 0.692. The Morgan fingerprint density at radius 1 is 1.41 bits per heavy atom. The van der Waals surface area contributed by atoms with E-state index in [2.05, 4.69) is 12.2 Å². The minimum absolute atomic E-state index is 0.0132. The standard InChI is InChI=1S/C13H24N2O2/c1-4-11-5-6-13(17-11)12(7-14)15-10(3)9(2)8-16/h5-6,9-10,12,15-16H,4,7-8,14H2,1-3H3. The molecule has 98 valence electrons. The maximum atomic E-state index is 9.11. The van der Waals surface area contributed by atoms with E-state index in [1.165, 1.54) is 0 Å². The monoisotopic (exact) mass is 240 g/mol. The molecule has 0 amide bonds. The minimum atomic E-state index is 0.0132. The molecule has 17 heavy (non-hydrogen) atoms. The van der Waals surface area contributed by atoms with E-state index in [4.69, 9.17) is 15.3 Å². The van der Waals surface area contributed by atoms with Crippen LogP contribution in [0.5, 0.6) is 0 Å². The number of nitrogens with two attached hydrogens (primary N) is 1. The van der Waals surface area contributed by atoms with Crippen LogP contribution in [0.4, 0.5) is 0 Å². The lowest BCUT2D eigenvalue weighted by molar-refractivity contribution is 0.198. The first-order valence-corrected chi connectivity index (χ1v) is 6.27. The third-order valence-electron chi connectivity index (χ3n) is 3.22. The molecule has 1 heterocycles. The van der Waals surface area contributed by atoms with Crippen LogP contribution in [0.15, 0.2) is 16.5 Å². The Kier molecular flexibility index (Phi) is 5.68. The van der Waals surface area contributed by atoms with Gasteiger partial charge in [0.15, 0.2) is 0 Å². The molecule has 0 aliphatic heterocycles. The summed E-state index contributed by atoms with van der Waals surface area (Å²) < 4.78 is 5.70. The van der Waals surface area contributed by atoms with E-state index >= 15 is 0 Å². The van der Waals surface area contributed by atoms with Gasteiger partial charge in [-0.3, -0.25) is 0 Å². The highest BCUT2D eigenvalue weighted by Crippen LogP contribution is 2.18. The highest BCUT2D eigenvalue weighted by atomic mass is 16.3. The molecule has 1 aromatic heterocycles. The van der Waals surface area contributed by atoms with E-state index in [1.807, 2.05) is 26.0 Å². The van der Waals surface area contributed by atoms with Gasteiger partial charge in [-0.2, -0.15) is 0 Å². The van der Waals surface area contributed by atoms with Gasteiger partial charge in [0.05, 0.1) is 6.04 Å². The summed E-state index contributed by atoms with van der Waals surface area (Å²) in [6, 6.07) is 4.17. The molecule has 0 radical (unpaired) electrons. The van der Waals surface area contributed by atoms with Crippen molar-refractivity contribution in [1.82, 2.24) is 5.32 Å². The van der Waals surface area contributed by atoms with Crippen molar-refractivity contribution < 1.29 is 9.52 Å². The Hall–Kier alpha value is -0.840. The molecule has 0 aromatic carbocycles. The first kappa shape index (κ1) is 14.2. The van der Waals surface area contributed by atoms with Crippen LogP contribution >= 0.6 is 0 Å². The van der Waals surface area contributed by atoms with Gasteiger partial charge >= 0.3 is 0 Å². The third kappa shape index (κ3) is 3.84. The molecule has 0 saturated heterocycles. The molecule has 3 unspecified atom stereocenters. The summed E-state index contributed by atoms with van der Waals surface area (Å²) in [6.07, 6.45) is 0.889. The molecule has 0 bridgehead atoms. The maximum absolute atomic E-state index is 9.11. The van der Waals surface area contributed by atoms with Gasteiger partial charge in [0.25, 0.3) is 0 Å². The Morgan fingerprint density at radius 2 is 2.12 bits per heavy atom. The number of rotatable bonds is 7. The fourth-order valence-corrected chi connectivity index (χ4v) is 1.68. The fourth-order valence-electron chi connectivity index (χ4n) is 1.68. The zero-order valence-corrected chi connectivity index (χ0v) is 10.9. The van der Waals surface area contributed by atoms with E-state index in [-0.39, 0.29) is 24.6 Å².